The van der Waals surface area contributed by atoms with Gasteiger partial charge in [-0.1, -0.05) is 18.2 Å². The van der Waals surface area contributed by atoms with E-state index in [0.717, 1.165) is 16.9 Å². The summed E-state index contributed by atoms with van der Waals surface area (Å²) in [6.07, 6.45) is 0. The predicted molar refractivity (Wildman–Crippen MR) is 95.1 cm³/mol. The minimum atomic E-state index is -0.324. The number of hydrogen-bond donors (Lipinski definition) is 1. The Bertz CT molecular complexity index is 659. The number of carbonyl (C=O) groups is 1. The molecular weight excluding hydrogens is 330 g/mol. The van der Waals surface area contributed by atoms with Gasteiger partial charge in [0.15, 0.2) is 11.5 Å². The molecule has 2 aromatic rings. The fourth-order valence-corrected chi connectivity index (χ4v) is 2.22. The number of rotatable bonds is 7. The van der Waals surface area contributed by atoms with Crippen LogP contribution in [0.15, 0.2) is 42.5 Å². The van der Waals surface area contributed by atoms with Gasteiger partial charge in [-0.25, -0.2) is 4.79 Å². The molecule has 0 aliphatic carbocycles. The van der Waals surface area contributed by atoms with E-state index in [1.54, 1.807) is 26.4 Å². The number of benzene rings is 2. The van der Waals surface area contributed by atoms with Crippen molar-refractivity contribution in [1.82, 2.24) is 5.32 Å². The highest BCUT2D eigenvalue weighted by atomic mass is 35.5. The van der Waals surface area contributed by atoms with Crippen LogP contribution in [0.25, 0.3) is 0 Å². The largest absolute Gasteiger partial charge is 0.493 e. The van der Waals surface area contributed by atoms with Gasteiger partial charge >= 0.3 is 5.97 Å². The van der Waals surface area contributed by atoms with E-state index in [1.807, 2.05) is 30.3 Å². The maximum atomic E-state index is 11.4. The summed E-state index contributed by atoms with van der Waals surface area (Å²) >= 11 is 0. The van der Waals surface area contributed by atoms with E-state index in [2.05, 4.69) is 10.1 Å². The van der Waals surface area contributed by atoms with E-state index >= 15 is 0 Å². The summed E-state index contributed by atoms with van der Waals surface area (Å²) in [6.45, 7) is 1.41. The molecule has 2 aromatic carbocycles. The van der Waals surface area contributed by atoms with Crippen molar-refractivity contribution in [2.45, 2.75) is 13.1 Å². The second-order valence-corrected chi connectivity index (χ2v) is 4.98. The van der Waals surface area contributed by atoms with Gasteiger partial charge in [-0.2, -0.15) is 0 Å². The number of esters is 1. The first-order chi connectivity index (χ1) is 11.2. The zero-order valence-electron chi connectivity index (χ0n) is 14.0. The van der Waals surface area contributed by atoms with Gasteiger partial charge in [-0.05, 0) is 35.4 Å². The fourth-order valence-electron chi connectivity index (χ4n) is 2.22. The average Bonchev–Trinajstić information content (AvgIpc) is 2.61. The van der Waals surface area contributed by atoms with Crippen molar-refractivity contribution in [3.05, 3.63) is 59.2 Å². The summed E-state index contributed by atoms with van der Waals surface area (Å²) < 4.78 is 15.2. The number of carbonyl (C=O) groups excluding carboxylic acids is 1. The highest BCUT2D eigenvalue weighted by Gasteiger charge is 2.05. The molecule has 0 unspecified atom stereocenters. The zero-order valence-corrected chi connectivity index (χ0v) is 14.8. The first kappa shape index (κ1) is 19.8. The van der Waals surface area contributed by atoms with Crippen molar-refractivity contribution in [2.75, 3.05) is 21.3 Å². The van der Waals surface area contributed by atoms with Crippen molar-refractivity contribution in [2.24, 2.45) is 0 Å². The first-order valence-electron chi connectivity index (χ1n) is 7.26. The summed E-state index contributed by atoms with van der Waals surface area (Å²) in [4.78, 5) is 11.4. The van der Waals surface area contributed by atoms with Gasteiger partial charge in [0, 0.05) is 13.1 Å². The van der Waals surface area contributed by atoms with Crippen molar-refractivity contribution in [3.8, 4) is 11.5 Å². The van der Waals surface area contributed by atoms with Crippen molar-refractivity contribution in [1.29, 1.82) is 0 Å². The molecule has 0 atom stereocenters. The monoisotopic (exact) mass is 351 g/mol. The molecule has 5 nitrogen and oxygen atoms in total. The van der Waals surface area contributed by atoms with E-state index in [0.29, 0.717) is 24.4 Å². The Morgan fingerprint density at radius 3 is 2.04 bits per heavy atom. The predicted octanol–water partition coefficient (Wildman–Crippen LogP) is 3.20. The first-order valence-corrected chi connectivity index (χ1v) is 7.26. The second kappa shape index (κ2) is 9.80. The molecule has 0 aliphatic rings. The van der Waals surface area contributed by atoms with Gasteiger partial charge < -0.3 is 19.5 Å². The van der Waals surface area contributed by atoms with Gasteiger partial charge in [0.1, 0.15) is 0 Å². The number of nitrogens with one attached hydrogen (secondary N) is 1. The molecule has 0 saturated heterocycles. The maximum absolute atomic E-state index is 11.4. The molecule has 0 bridgehead atoms. The molecule has 0 fully saturated rings. The van der Waals surface area contributed by atoms with Crippen molar-refractivity contribution >= 4 is 18.4 Å². The van der Waals surface area contributed by atoms with E-state index in [-0.39, 0.29) is 18.4 Å². The molecule has 0 radical (unpaired) electrons. The van der Waals surface area contributed by atoms with Crippen LogP contribution in [0.2, 0.25) is 0 Å². The Morgan fingerprint density at radius 1 is 0.875 bits per heavy atom. The highest BCUT2D eigenvalue weighted by Crippen LogP contribution is 2.27. The Kier molecular flexibility index (Phi) is 8.09. The summed E-state index contributed by atoms with van der Waals surface area (Å²) in [6, 6.07) is 13.2. The van der Waals surface area contributed by atoms with Crippen LogP contribution >= 0.6 is 12.4 Å². The van der Waals surface area contributed by atoms with E-state index in [4.69, 9.17) is 9.47 Å². The Morgan fingerprint density at radius 2 is 1.46 bits per heavy atom. The van der Waals surface area contributed by atoms with Crippen LogP contribution in [0.4, 0.5) is 0 Å². The van der Waals surface area contributed by atoms with Gasteiger partial charge in [0.25, 0.3) is 0 Å². The van der Waals surface area contributed by atoms with E-state index in [9.17, 15) is 4.79 Å². The van der Waals surface area contributed by atoms with Crippen LogP contribution in [-0.2, 0) is 17.8 Å². The van der Waals surface area contributed by atoms with Gasteiger partial charge in [-0.15, -0.1) is 12.4 Å². The van der Waals surface area contributed by atoms with Crippen molar-refractivity contribution < 1.29 is 19.0 Å². The third-order valence-corrected chi connectivity index (χ3v) is 3.48. The smallest absolute Gasteiger partial charge is 0.337 e. The average molecular weight is 352 g/mol. The lowest BCUT2D eigenvalue weighted by atomic mass is 10.1. The Balaban J connectivity index is 0.00000288. The summed E-state index contributed by atoms with van der Waals surface area (Å²) in [5.74, 6) is 1.11. The molecule has 0 amide bonds. The lowest BCUT2D eigenvalue weighted by Gasteiger charge is -2.10. The quantitative estimate of drug-likeness (QED) is 0.776. The minimum Gasteiger partial charge on any atom is -0.493 e. The number of methoxy groups -OCH3 is 3. The van der Waals surface area contributed by atoms with Gasteiger partial charge in [-0.3, -0.25) is 0 Å². The third-order valence-electron chi connectivity index (χ3n) is 3.48. The minimum absolute atomic E-state index is 0. The fraction of sp³-hybridized carbons (Fsp3) is 0.278. The van der Waals surface area contributed by atoms with Crippen LogP contribution in [0, 0.1) is 0 Å². The van der Waals surface area contributed by atoms with E-state index in [1.165, 1.54) is 7.11 Å². The Hall–Kier alpha value is -2.24. The van der Waals surface area contributed by atoms with Crippen LogP contribution < -0.4 is 14.8 Å². The van der Waals surface area contributed by atoms with Crippen LogP contribution in [0.1, 0.15) is 21.5 Å². The summed E-state index contributed by atoms with van der Waals surface area (Å²) in [7, 11) is 4.62. The molecule has 0 saturated carbocycles. The molecular formula is C18H22ClNO4. The molecule has 2 rings (SSSR count). The lowest BCUT2D eigenvalue weighted by Crippen LogP contribution is -2.13. The van der Waals surface area contributed by atoms with Crippen molar-refractivity contribution in [3.63, 3.8) is 0 Å². The third kappa shape index (κ3) is 5.15. The SMILES string of the molecule is COC(=O)c1ccc(CNCc2ccc(OC)c(OC)c2)cc1.Cl. The summed E-state index contributed by atoms with van der Waals surface area (Å²) in [5, 5.41) is 3.36. The second-order valence-electron chi connectivity index (χ2n) is 4.98. The van der Waals surface area contributed by atoms with Gasteiger partial charge in [0.2, 0.25) is 0 Å². The summed E-state index contributed by atoms with van der Waals surface area (Å²) in [5.41, 5.74) is 2.75. The maximum Gasteiger partial charge on any atom is 0.337 e. The molecule has 0 spiro atoms. The van der Waals surface area contributed by atoms with Crippen LogP contribution in [-0.4, -0.2) is 27.3 Å². The van der Waals surface area contributed by atoms with Gasteiger partial charge in [0.05, 0.1) is 26.9 Å². The molecule has 130 valence electrons. The molecule has 0 aromatic heterocycles. The molecule has 0 heterocycles. The van der Waals surface area contributed by atoms with Crippen LogP contribution in [0.3, 0.4) is 0 Å². The molecule has 6 heteroatoms. The molecule has 24 heavy (non-hydrogen) atoms. The number of hydrogen-bond acceptors (Lipinski definition) is 5. The van der Waals surface area contributed by atoms with Crippen LogP contribution in [0.5, 0.6) is 11.5 Å². The number of halogens is 1. The normalized spacial score (nSPS) is 9.79. The Labute approximate surface area is 148 Å². The molecule has 0 aliphatic heterocycles. The highest BCUT2D eigenvalue weighted by molar-refractivity contribution is 5.89. The lowest BCUT2D eigenvalue weighted by molar-refractivity contribution is 0.0600. The topological polar surface area (TPSA) is 56.8 Å². The zero-order chi connectivity index (χ0) is 16.7. The number of ether oxygens (including phenoxy) is 3. The molecule has 1 N–H and O–H groups in total. The van der Waals surface area contributed by atoms with E-state index < -0.39 is 0 Å². The standard InChI is InChI=1S/C18H21NO4.ClH/c1-21-16-9-6-14(10-17(16)22-2)12-19-11-13-4-7-15(8-5-13)18(20)23-3;/h4-10,19H,11-12H2,1-3H3;1H.